The maximum absolute atomic E-state index is 9.58. The minimum atomic E-state index is -3.90. The number of nitrogens with two attached hydrogens (primary N) is 1. The molecule has 0 amide bonds. The van der Waals surface area contributed by atoms with Gasteiger partial charge in [0.15, 0.2) is 0 Å². The summed E-state index contributed by atoms with van der Waals surface area (Å²) in [5.74, 6) is 0. The van der Waals surface area contributed by atoms with Crippen molar-refractivity contribution < 1.29 is 14.0 Å². The predicted molar refractivity (Wildman–Crippen MR) is 18.8 cm³/mol. The van der Waals surface area contributed by atoms with Crippen molar-refractivity contribution in [1.29, 1.82) is 0 Å². The second kappa shape index (κ2) is 1.71. The molecular formula is CH5NO3P-. The molecule has 0 spiro atoms. The van der Waals surface area contributed by atoms with Gasteiger partial charge in [0.1, 0.15) is 0 Å². The maximum atomic E-state index is 9.58. The van der Waals surface area contributed by atoms with E-state index in [4.69, 9.17) is 0 Å². The van der Waals surface area contributed by atoms with Crippen molar-refractivity contribution in [3.8, 4) is 0 Å². The van der Waals surface area contributed by atoms with Gasteiger partial charge in [0.05, 0.1) is 0 Å². The molecule has 38 valence electrons. The maximum Gasteiger partial charge on any atom is 0.201 e. The monoisotopic (exact) mass is 110 g/mol. The summed E-state index contributed by atoms with van der Waals surface area (Å²) in [7, 11) is -2.89. The van der Waals surface area contributed by atoms with Crippen molar-refractivity contribution in [2.24, 2.45) is 5.50 Å². The molecule has 4 nitrogen and oxygen atoms in total. The Balaban J connectivity index is 3.48. The van der Waals surface area contributed by atoms with E-state index < -0.39 is 7.75 Å². The van der Waals surface area contributed by atoms with Gasteiger partial charge in [-0.2, -0.15) is 0 Å². The standard InChI is InChI=1S/CH6NO3P/c1-5-6(2,3)4/h1H3,(H3,2,3,4)/p-1. The average molecular weight is 110 g/mol. The van der Waals surface area contributed by atoms with Crippen LogP contribution in [-0.4, -0.2) is 7.11 Å². The van der Waals surface area contributed by atoms with E-state index in [1.807, 2.05) is 0 Å². The normalized spacial score (nSPS) is 19.8. The molecule has 0 aromatic carbocycles. The van der Waals surface area contributed by atoms with Crippen molar-refractivity contribution in [1.82, 2.24) is 0 Å². The first-order valence-electron chi connectivity index (χ1n) is 1.21. The van der Waals surface area contributed by atoms with E-state index in [0.717, 1.165) is 7.11 Å². The first kappa shape index (κ1) is 6.11. The van der Waals surface area contributed by atoms with Crippen LogP contribution in [0.1, 0.15) is 0 Å². The van der Waals surface area contributed by atoms with Crippen LogP contribution in [0.3, 0.4) is 0 Å². The van der Waals surface area contributed by atoms with Gasteiger partial charge in [0.2, 0.25) is 7.75 Å². The zero-order valence-corrected chi connectivity index (χ0v) is 4.14. The van der Waals surface area contributed by atoms with Crippen LogP contribution in [0.25, 0.3) is 0 Å². The van der Waals surface area contributed by atoms with Crippen LogP contribution in [0.5, 0.6) is 0 Å². The van der Waals surface area contributed by atoms with Gasteiger partial charge in [-0.1, -0.05) is 0 Å². The molecule has 0 aliphatic carbocycles. The Morgan fingerprint density at radius 1 is 2.00 bits per heavy atom. The summed E-state index contributed by atoms with van der Waals surface area (Å²) in [4.78, 5) is 9.58. The van der Waals surface area contributed by atoms with E-state index in [2.05, 4.69) is 10.0 Å². The zero-order valence-electron chi connectivity index (χ0n) is 3.25. The van der Waals surface area contributed by atoms with Crippen LogP contribution in [0, 0.1) is 0 Å². The summed E-state index contributed by atoms with van der Waals surface area (Å²) < 4.78 is 13.3. The first-order valence-corrected chi connectivity index (χ1v) is 2.83. The lowest BCUT2D eigenvalue weighted by atomic mass is 11.8. The number of hydrogen-bond acceptors (Lipinski definition) is 3. The molecule has 6 heavy (non-hydrogen) atoms. The van der Waals surface area contributed by atoms with Crippen LogP contribution in [0.15, 0.2) is 0 Å². The van der Waals surface area contributed by atoms with E-state index in [9.17, 15) is 9.46 Å². The highest BCUT2D eigenvalue weighted by molar-refractivity contribution is 7.48. The fourth-order valence-corrected chi connectivity index (χ4v) is 0. The predicted octanol–water partition coefficient (Wildman–Crippen LogP) is -0.940. The lowest BCUT2D eigenvalue weighted by Gasteiger charge is -2.11. The van der Waals surface area contributed by atoms with Crippen LogP contribution >= 0.6 is 7.75 Å². The van der Waals surface area contributed by atoms with Crippen LogP contribution < -0.4 is 10.4 Å². The number of rotatable bonds is 1. The molecule has 5 heteroatoms. The minimum absolute atomic E-state index is 1.01. The van der Waals surface area contributed by atoms with E-state index in [1.165, 1.54) is 0 Å². The molecule has 0 heterocycles. The molecule has 0 rings (SSSR count). The molecule has 0 bridgehead atoms. The molecular weight excluding hydrogens is 105 g/mol. The Bertz CT molecular complexity index is 74.9. The summed E-state index contributed by atoms with van der Waals surface area (Å²) in [6.45, 7) is 0. The molecule has 0 aliphatic rings. The van der Waals surface area contributed by atoms with Crippen molar-refractivity contribution in [2.75, 3.05) is 7.11 Å². The van der Waals surface area contributed by atoms with Gasteiger partial charge >= 0.3 is 0 Å². The molecule has 0 saturated heterocycles. The Morgan fingerprint density at radius 3 is 2.17 bits per heavy atom. The summed E-state index contributed by atoms with van der Waals surface area (Å²) >= 11 is 0. The summed E-state index contributed by atoms with van der Waals surface area (Å²) in [6.07, 6.45) is 0. The topological polar surface area (TPSA) is 75.4 Å². The van der Waals surface area contributed by atoms with E-state index in [1.54, 1.807) is 0 Å². The van der Waals surface area contributed by atoms with E-state index in [-0.39, 0.29) is 0 Å². The fraction of sp³-hybridized carbons (Fsp3) is 1.00. The summed E-state index contributed by atoms with van der Waals surface area (Å²) in [5, 5.41) is 0. The third-order valence-electron chi connectivity index (χ3n) is 0.254. The molecule has 1 unspecified atom stereocenters. The highest BCUT2D eigenvalue weighted by atomic mass is 31.2. The van der Waals surface area contributed by atoms with Crippen molar-refractivity contribution in [3.05, 3.63) is 0 Å². The SMILES string of the molecule is COP(N)(=O)[O-]. The molecule has 0 aliphatic heterocycles. The minimum Gasteiger partial charge on any atom is -0.766 e. The van der Waals surface area contributed by atoms with Gasteiger partial charge < -0.3 is 9.42 Å². The van der Waals surface area contributed by atoms with Gasteiger partial charge in [0.25, 0.3) is 0 Å². The molecule has 0 radical (unpaired) electrons. The lowest BCUT2D eigenvalue weighted by Crippen LogP contribution is -2.09. The molecule has 0 aromatic rings. The summed E-state index contributed by atoms with van der Waals surface area (Å²) in [6, 6.07) is 0. The second-order valence-corrected chi connectivity index (χ2v) is 2.17. The second-order valence-electron chi connectivity index (χ2n) is 0.722. The molecule has 0 fully saturated rings. The van der Waals surface area contributed by atoms with E-state index in [0.29, 0.717) is 0 Å². The highest BCUT2D eigenvalue weighted by Gasteiger charge is 1.88. The average Bonchev–Trinajstić information content (AvgIpc) is 1.35. The molecule has 0 aromatic heterocycles. The van der Waals surface area contributed by atoms with E-state index >= 15 is 0 Å². The smallest absolute Gasteiger partial charge is 0.201 e. The van der Waals surface area contributed by atoms with Crippen LogP contribution in [0.4, 0.5) is 0 Å². The third kappa shape index (κ3) is 4.11. The van der Waals surface area contributed by atoms with Crippen LogP contribution in [-0.2, 0) is 9.09 Å². The van der Waals surface area contributed by atoms with Crippen molar-refractivity contribution >= 4 is 7.75 Å². The highest BCUT2D eigenvalue weighted by Crippen LogP contribution is 2.22. The number of hydrogen-bond donors (Lipinski definition) is 1. The first-order chi connectivity index (χ1) is 2.56. The van der Waals surface area contributed by atoms with Crippen molar-refractivity contribution in [3.63, 3.8) is 0 Å². The quantitative estimate of drug-likeness (QED) is 0.442. The Morgan fingerprint density at radius 2 is 2.17 bits per heavy atom. The summed E-state index contributed by atoms with van der Waals surface area (Å²) in [5.41, 5.74) is 4.31. The Labute approximate surface area is 35.5 Å². The largest absolute Gasteiger partial charge is 0.766 e. The molecule has 2 N–H and O–H groups in total. The van der Waals surface area contributed by atoms with Gasteiger partial charge in [-0.15, -0.1) is 0 Å². The van der Waals surface area contributed by atoms with Crippen LogP contribution in [0.2, 0.25) is 0 Å². The zero-order chi connectivity index (χ0) is 5.21. The van der Waals surface area contributed by atoms with Gasteiger partial charge in [-0.05, 0) is 0 Å². The lowest BCUT2D eigenvalue weighted by molar-refractivity contribution is -0.196. The third-order valence-corrected chi connectivity index (χ3v) is 0.763. The molecule has 0 saturated carbocycles. The van der Waals surface area contributed by atoms with Gasteiger partial charge in [0, 0.05) is 7.11 Å². The molecule has 1 atom stereocenters. The Kier molecular flexibility index (Phi) is 1.74. The Hall–Kier alpha value is 0.110. The van der Waals surface area contributed by atoms with Crippen molar-refractivity contribution in [2.45, 2.75) is 0 Å². The fourth-order valence-electron chi connectivity index (χ4n) is 0. The van der Waals surface area contributed by atoms with Gasteiger partial charge in [-0.25, -0.2) is 0 Å². The van der Waals surface area contributed by atoms with Gasteiger partial charge in [-0.3, -0.25) is 10.1 Å².